The van der Waals surface area contributed by atoms with Crippen molar-refractivity contribution >= 4 is 0 Å². The van der Waals surface area contributed by atoms with Gasteiger partial charge in [0.1, 0.15) is 49.3 Å². The second kappa shape index (κ2) is 7.21. The molecule has 0 aromatic heterocycles. The van der Waals surface area contributed by atoms with Gasteiger partial charge in [-0.2, -0.15) is 0 Å². The molecule has 0 aromatic carbocycles. The highest BCUT2D eigenvalue weighted by Gasteiger charge is 2.58. The summed E-state index contributed by atoms with van der Waals surface area (Å²) in [5.74, 6) is -2.22. The molecular weight excluding hydrogens is 320 g/mol. The van der Waals surface area contributed by atoms with Crippen LogP contribution in [0.15, 0.2) is 0 Å². The predicted molar refractivity (Wildman–Crippen MR) is 68.6 cm³/mol. The van der Waals surface area contributed by atoms with Gasteiger partial charge in [-0.15, -0.1) is 0 Å². The lowest BCUT2D eigenvalue weighted by molar-refractivity contribution is -0.383. The Hall–Kier alpha value is -0.440. The highest BCUT2D eigenvalue weighted by Crippen LogP contribution is 2.35. The van der Waals surface area contributed by atoms with E-state index in [9.17, 15) is 30.6 Å². The molecule has 0 spiro atoms. The zero-order chi connectivity index (χ0) is 17.4. The zero-order valence-corrected chi connectivity index (χ0v) is 12.0. The molecule has 2 aliphatic heterocycles. The van der Waals surface area contributed by atoms with E-state index < -0.39 is 74.6 Å². The molecule has 11 nitrogen and oxygen atoms in total. The Kier molecular flexibility index (Phi) is 5.92. The van der Waals surface area contributed by atoms with Crippen LogP contribution < -0.4 is 0 Å². The van der Waals surface area contributed by atoms with Crippen molar-refractivity contribution in [3.63, 3.8) is 0 Å². The maximum atomic E-state index is 10.00. The molecule has 0 radical (unpaired) electrons. The second-order valence-electron chi connectivity index (χ2n) is 5.56. The van der Waals surface area contributed by atoms with Crippen molar-refractivity contribution in [1.29, 1.82) is 0 Å². The van der Waals surface area contributed by atoms with Crippen LogP contribution in [0.2, 0.25) is 0 Å². The van der Waals surface area contributed by atoms with Crippen molar-refractivity contribution in [2.24, 2.45) is 0 Å². The standard InChI is InChI=1S/C12H22O11/c13-1-4-6(16)8(18)9(19)11(21-4)23-12(3-15)10(20)7(17)5(2-14)22-12/h4-11,13-20H,1-3H2/t4-,5-,6-,7-,8+,9+,10-,11-,12+/m1/s1. The smallest absolute Gasteiger partial charge is 0.224 e. The van der Waals surface area contributed by atoms with Crippen LogP contribution in [0.25, 0.3) is 0 Å². The maximum absolute atomic E-state index is 10.00. The SMILES string of the molecule is OC[C@H]1O[C@H](O[C@]2(CO)O[C@H](CO)[C@@H](O)[C@H]2O)[C@@H](O)[C@@H](O)[C@@H]1O. The van der Waals surface area contributed by atoms with E-state index in [-0.39, 0.29) is 0 Å². The third-order valence-corrected chi connectivity index (χ3v) is 4.07. The Bertz CT molecular complexity index is 393. The molecule has 11 heteroatoms. The number of aliphatic hydroxyl groups is 8. The van der Waals surface area contributed by atoms with Gasteiger partial charge in [0.05, 0.1) is 13.2 Å². The molecule has 0 bridgehead atoms. The van der Waals surface area contributed by atoms with E-state index in [1.807, 2.05) is 0 Å². The van der Waals surface area contributed by atoms with Crippen LogP contribution in [0, 0.1) is 0 Å². The van der Waals surface area contributed by atoms with Gasteiger partial charge < -0.3 is 55.1 Å². The minimum atomic E-state index is -2.22. The van der Waals surface area contributed by atoms with Gasteiger partial charge in [-0.3, -0.25) is 0 Å². The van der Waals surface area contributed by atoms with Crippen molar-refractivity contribution in [3.8, 4) is 0 Å². The van der Waals surface area contributed by atoms with E-state index >= 15 is 0 Å². The molecule has 2 saturated heterocycles. The molecule has 0 aromatic rings. The summed E-state index contributed by atoms with van der Waals surface area (Å²) >= 11 is 0. The summed E-state index contributed by atoms with van der Waals surface area (Å²) in [6, 6.07) is 0. The molecule has 9 atom stereocenters. The molecule has 136 valence electrons. The van der Waals surface area contributed by atoms with Crippen molar-refractivity contribution in [2.75, 3.05) is 19.8 Å². The van der Waals surface area contributed by atoms with Crippen LogP contribution >= 0.6 is 0 Å². The minimum absolute atomic E-state index is 0.669. The summed E-state index contributed by atoms with van der Waals surface area (Å²) in [6.07, 6.45) is -12.7. The van der Waals surface area contributed by atoms with E-state index in [4.69, 9.17) is 24.4 Å². The second-order valence-corrected chi connectivity index (χ2v) is 5.56. The van der Waals surface area contributed by atoms with Crippen LogP contribution in [0.3, 0.4) is 0 Å². The van der Waals surface area contributed by atoms with E-state index in [0.29, 0.717) is 0 Å². The average Bonchev–Trinajstić information content (AvgIpc) is 2.80. The van der Waals surface area contributed by atoms with Crippen molar-refractivity contribution in [1.82, 2.24) is 0 Å². The minimum Gasteiger partial charge on any atom is -0.394 e. The Balaban J connectivity index is 2.18. The molecule has 8 N–H and O–H groups in total. The van der Waals surface area contributed by atoms with Gasteiger partial charge in [0.15, 0.2) is 6.29 Å². The Morgan fingerprint density at radius 2 is 1.39 bits per heavy atom. The highest BCUT2D eigenvalue weighted by molar-refractivity contribution is 4.98. The molecule has 2 rings (SSSR count). The predicted octanol–water partition coefficient (Wildman–Crippen LogP) is -5.40. The normalized spacial score (nSPS) is 51.1. The third-order valence-electron chi connectivity index (χ3n) is 4.07. The lowest BCUT2D eigenvalue weighted by atomic mass is 9.99. The first-order chi connectivity index (χ1) is 10.8. The first-order valence-corrected chi connectivity index (χ1v) is 7.05. The molecule has 0 amide bonds. The lowest BCUT2D eigenvalue weighted by Gasteiger charge is -2.43. The average molecular weight is 342 g/mol. The van der Waals surface area contributed by atoms with Crippen molar-refractivity contribution < 1.29 is 55.1 Å². The third kappa shape index (κ3) is 3.23. The quantitative estimate of drug-likeness (QED) is 0.238. The summed E-state index contributed by atoms with van der Waals surface area (Å²) in [6.45, 7) is -2.32. The summed E-state index contributed by atoms with van der Waals surface area (Å²) in [4.78, 5) is 0. The molecule has 2 aliphatic rings. The Morgan fingerprint density at radius 3 is 1.87 bits per heavy atom. The van der Waals surface area contributed by atoms with Gasteiger partial charge in [0, 0.05) is 0 Å². The first kappa shape index (κ1) is 18.9. The van der Waals surface area contributed by atoms with Gasteiger partial charge in [-0.05, 0) is 0 Å². The number of rotatable bonds is 5. The highest BCUT2D eigenvalue weighted by atomic mass is 16.8. The summed E-state index contributed by atoms with van der Waals surface area (Å²) in [5.41, 5.74) is 0. The molecule has 0 aliphatic carbocycles. The number of hydrogen-bond donors (Lipinski definition) is 8. The van der Waals surface area contributed by atoms with Crippen LogP contribution in [-0.2, 0) is 14.2 Å². The summed E-state index contributed by atoms with van der Waals surface area (Å²) in [7, 11) is 0. The maximum Gasteiger partial charge on any atom is 0.224 e. The fourth-order valence-corrected chi connectivity index (χ4v) is 2.63. The van der Waals surface area contributed by atoms with Gasteiger partial charge in [0.25, 0.3) is 0 Å². The lowest BCUT2D eigenvalue weighted by Crippen LogP contribution is -2.62. The number of hydrogen-bond acceptors (Lipinski definition) is 11. The summed E-state index contributed by atoms with van der Waals surface area (Å²) < 4.78 is 15.4. The van der Waals surface area contributed by atoms with Gasteiger partial charge >= 0.3 is 0 Å². The van der Waals surface area contributed by atoms with Crippen LogP contribution in [0.5, 0.6) is 0 Å². The van der Waals surface area contributed by atoms with Crippen LogP contribution in [0.4, 0.5) is 0 Å². The van der Waals surface area contributed by atoms with Gasteiger partial charge in [0.2, 0.25) is 5.79 Å². The van der Waals surface area contributed by atoms with Gasteiger partial charge in [-0.25, -0.2) is 0 Å². The molecule has 2 heterocycles. The first-order valence-electron chi connectivity index (χ1n) is 7.05. The van der Waals surface area contributed by atoms with E-state index in [1.165, 1.54) is 0 Å². The largest absolute Gasteiger partial charge is 0.394 e. The number of ether oxygens (including phenoxy) is 3. The molecule has 2 fully saturated rings. The van der Waals surface area contributed by atoms with Crippen LogP contribution in [-0.4, -0.2) is 115 Å². The molecule has 23 heavy (non-hydrogen) atoms. The van der Waals surface area contributed by atoms with Gasteiger partial charge in [-0.1, -0.05) is 0 Å². The van der Waals surface area contributed by atoms with E-state index in [2.05, 4.69) is 0 Å². The summed E-state index contributed by atoms with van der Waals surface area (Å²) in [5, 5.41) is 76.7. The van der Waals surface area contributed by atoms with E-state index in [0.717, 1.165) is 0 Å². The monoisotopic (exact) mass is 342 g/mol. The van der Waals surface area contributed by atoms with Crippen molar-refractivity contribution in [2.45, 2.75) is 54.8 Å². The Morgan fingerprint density at radius 1 is 0.783 bits per heavy atom. The molecule has 0 unspecified atom stereocenters. The van der Waals surface area contributed by atoms with E-state index in [1.54, 1.807) is 0 Å². The topological polar surface area (TPSA) is 190 Å². The zero-order valence-electron chi connectivity index (χ0n) is 12.0. The Labute approximate surface area is 130 Å². The van der Waals surface area contributed by atoms with Crippen molar-refractivity contribution in [3.05, 3.63) is 0 Å². The number of aliphatic hydroxyl groups excluding tert-OH is 8. The fourth-order valence-electron chi connectivity index (χ4n) is 2.63. The van der Waals surface area contributed by atoms with Crippen LogP contribution in [0.1, 0.15) is 0 Å². The molecular formula is C12H22O11. The fraction of sp³-hybridized carbons (Fsp3) is 1.00. The molecule has 0 saturated carbocycles.